The highest BCUT2D eigenvalue weighted by Gasteiger charge is 2.27. The summed E-state index contributed by atoms with van der Waals surface area (Å²) in [7, 11) is 0. The predicted octanol–water partition coefficient (Wildman–Crippen LogP) is 2.92. The highest BCUT2D eigenvalue weighted by molar-refractivity contribution is 6.01. The van der Waals surface area contributed by atoms with Crippen molar-refractivity contribution in [2.75, 3.05) is 4.90 Å². The van der Waals surface area contributed by atoms with Gasteiger partial charge in [0.25, 0.3) is 0 Å². The van der Waals surface area contributed by atoms with Crippen LogP contribution >= 0.6 is 0 Å². The van der Waals surface area contributed by atoms with Crippen LogP contribution in [0.4, 0.5) is 10.1 Å². The zero-order valence-corrected chi connectivity index (χ0v) is 9.77. The molecule has 0 spiro atoms. The van der Waals surface area contributed by atoms with Crippen LogP contribution in [-0.4, -0.2) is 5.91 Å². The van der Waals surface area contributed by atoms with E-state index in [0.717, 1.165) is 11.3 Å². The molecule has 0 fully saturated rings. The monoisotopic (exact) mass is 241 g/mol. The van der Waals surface area contributed by atoms with Gasteiger partial charge in [-0.15, -0.1) is 0 Å². The second-order valence-corrected chi connectivity index (χ2v) is 4.38. The highest BCUT2D eigenvalue weighted by atomic mass is 19.1. The molecule has 2 nitrogen and oxygen atoms in total. The molecule has 1 amide bonds. The van der Waals surface area contributed by atoms with Crippen molar-refractivity contribution < 1.29 is 9.18 Å². The molecule has 0 saturated carbocycles. The van der Waals surface area contributed by atoms with Crippen LogP contribution in [0.1, 0.15) is 11.1 Å². The van der Waals surface area contributed by atoms with E-state index in [2.05, 4.69) is 0 Å². The Morgan fingerprint density at radius 2 is 1.78 bits per heavy atom. The minimum atomic E-state index is -0.269. The summed E-state index contributed by atoms with van der Waals surface area (Å²) in [6, 6.07) is 14.2. The SMILES string of the molecule is O=C1Cc2ccccc2N1Cc1ccccc1F. The van der Waals surface area contributed by atoms with E-state index in [0.29, 0.717) is 18.5 Å². The first kappa shape index (κ1) is 11.0. The van der Waals surface area contributed by atoms with E-state index in [4.69, 9.17) is 0 Å². The van der Waals surface area contributed by atoms with Gasteiger partial charge in [-0.05, 0) is 17.7 Å². The van der Waals surface area contributed by atoms with Crippen LogP contribution in [0.5, 0.6) is 0 Å². The minimum Gasteiger partial charge on any atom is -0.307 e. The lowest BCUT2D eigenvalue weighted by atomic mass is 10.1. The van der Waals surface area contributed by atoms with Crippen LogP contribution in [0.15, 0.2) is 48.5 Å². The number of halogens is 1. The molecule has 2 aromatic rings. The maximum absolute atomic E-state index is 13.6. The third kappa shape index (κ3) is 1.78. The van der Waals surface area contributed by atoms with Crippen molar-refractivity contribution in [1.82, 2.24) is 0 Å². The summed E-state index contributed by atoms with van der Waals surface area (Å²) in [5.41, 5.74) is 2.45. The number of rotatable bonds is 2. The van der Waals surface area contributed by atoms with Crippen molar-refractivity contribution in [3.63, 3.8) is 0 Å². The third-order valence-corrected chi connectivity index (χ3v) is 3.21. The van der Waals surface area contributed by atoms with Crippen molar-refractivity contribution in [1.29, 1.82) is 0 Å². The Kier molecular flexibility index (Phi) is 2.59. The van der Waals surface area contributed by atoms with Gasteiger partial charge in [-0.25, -0.2) is 4.39 Å². The quantitative estimate of drug-likeness (QED) is 0.791. The zero-order chi connectivity index (χ0) is 12.5. The molecule has 18 heavy (non-hydrogen) atoms. The average Bonchev–Trinajstić information content (AvgIpc) is 2.69. The molecule has 90 valence electrons. The van der Waals surface area contributed by atoms with Gasteiger partial charge in [0, 0.05) is 11.3 Å². The molecular formula is C15H12FNO. The number of benzene rings is 2. The van der Waals surface area contributed by atoms with Gasteiger partial charge in [0.05, 0.1) is 13.0 Å². The molecule has 1 heterocycles. The Labute approximate surface area is 105 Å². The summed E-state index contributed by atoms with van der Waals surface area (Å²) < 4.78 is 13.6. The number of fused-ring (bicyclic) bond motifs is 1. The zero-order valence-electron chi connectivity index (χ0n) is 9.77. The Balaban J connectivity index is 1.94. The molecule has 1 aliphatic rings. The normalized spacial score (nSPS) is 13.8. The van der Waals surface area contributed by atoms with Crippen molar-refractivity contribution in [3.8, 4) is 0 Å². The molecule has 0 saturated heterocycles. The Morgan fingerprint density at radius 3 is 2.61 bits per heavy atom. The molecule has 1 aliphatic heterocycles. The van der Waals surface area contributed by atoms with Gasteiger partial charge in [0.2, 0.25) is 5.91 Å². The van der Waals surface area contributed by atoms with Crippen LogP contribution in [0, 0.1) is 5.82 Å². The molecule has 0 N–H and O–H groups in total. The van der Waals surface area contributed by atoms with Crippen molar-refractivity contribution in [2.24, 2.45) is 0 Å². The van der Waals surface area contributed by atoms with E-state index in [1.807, 2.05) is 24.3 Å². The molecule has 0 aliphatic carbocycles. The maximum Gasteiger partial charge on any atom is 0.231 e. The molecule has 0 radical (unpaired) electrons. The third-order valence-electron chi connectivity index (χ3n) is 3.21. The number of carbonyl (C=O) groups is 1. The summed E-state index contributed by atoms with van der Waals surface area (Å²) in [4.78, 5) is 13.6. The molecule has 2 aromatic carbocycles. The number of nitrogens with zero attached hydrogens (tertiary/aromatic N) is 1. The second-order valence-electron chi connectivity index (χ2n) is 4.38. The maximum atomic E-state index is 13.6. The van der Waals surface area contributed by atoms with Crippen molar-refractivity contribution in [3.05, 3.63) is 65.5 Å². The number of hydrogen-bond acceptors (Lipinski definition) is 1. The van der Waals surface area contributed by atoms with Gasteiger partial charge < -0.3 is 4.90 Å². The van der Waals surface area contributed by atoms with E-state index in [1.165, 1.54) is 6.07 Å². The largest absolute Gasteiger partial charge is 0.307 e. The standard InChI is InChI=1S/C15H12FNO/c16-13-7-3-1-6-12(13)10-17-14-8-4-2-5-11(14)9-15(17)18/h1-8H,9-10H2. The Morgan fingerprint density at radius 1 is 1.06 bits per heavy atom. The fourth-order valence-corrected chi connectivity index (χ4v) is 2.29. The van der Waals surface area contributed by atoms with Crippen LogP contribution in [-0.2, 0) is 17.8 Å². The number of para-hydroxylation sites is 1. The van der Waals surface area contributed by atoms with Gasteiger partial charge in [-0.3, -0.25) is 4.79 Å². The lowest BCUT2D eigenvalue weighted by molar-refractivity contribution is -0.117. The van der Waals surface area contributed by atoms with Gasteiger partial charge >= 0.3 is 0 Å². The van der Waals surface area contributed by atoms with Crippen LogP contribution in [0.25, 0.3) is 0 Å². The smallest absolute Gasteiger partial charge is 0.231 e. The van der Waals surface area contributed by atoms with Crippen molar-refractivity contribution in [2.45, 2.75) is 13.0 Å². The molecule has 0 atom stereocenters. The minimum absolute atomic E-state index is 0.0273. The first-order chi connectivity index (χ1) is 8.75. The fourth-order valence-electron chi connectivity index (χ4n) is 2.29. The summed E-state index contributed by atoms with van der Waals surface area (Å²) in [6.07, 6.45) is 0.407. The Bertz CT molecular complexity index is 609. The van der Waals surface area contributed by atoms with E-state index < -0.39 is 0 Å². The lowest BCUT2D eigenvalue weighted by Gasteiger charge is -2.17. The highest BCUT2D eigenvalue weighted by Crippen LogP contribution is 2.30. The number of anilines is 1. The molecular weight excluding hydrogens is 229 g/mol. The van der Waals surface area contributed by atoms with E-state index in [9.17, 15) is 9.18 Å². The summed E-state index contributed by atoms with van der Waals surface area (Å²) in [6.45, 7) is 0.294. The molecule has 0 bridgehead atoms. The van der Waals surface area contributed by atoms with Crippen LogP contribution in [0.2, 0.25) is 0 Å². The number of hydrogen-bond donors (Lipinski definition) is 0. The second kappa shape index (κ2) is 4.26. The first-order valence-electron chi connectivity index (χ1n) is 5.87. The first-order valence-corrected chi connectivity index (χ1v) is 5.87. The van der Waals surface area contributed by atoms with Gasteiger partial charge in [-0.2, -0.15) is 0 Å². The molecule has 3 heteroatoms. The fraction of sp³-hybridized carbons (Fsp3) is 0.133. The van der Waals surface area contributed by atoms with Gasteiger partial charge in [0.1, 0.15) is 5.82 Å². The molecule has 0 unspecified atom stereocenters. The van der Waals surface area contributed by atoms with E-state index >= 15 is 0 Å². The topological polar surface area (TPSA) is 20.3 Å². The summed E-state index contributed by atoms with van der Waals surface area (Å²) in [5.74, 6) is -0.242. The van der Waals surface area contributed by atoms with Crippen LogP contribution < -0.4 is 4.90 Å². The predicted molar refractivity (Wildman–Crippen MR) is 67.7 cm³/mol. The van der Waals surface area contributed by atoms with Gasteiger partial charge in [-0.1, -0.05) is 36.4 Å². The van der Waals surface area contributed by atoms with E-state index in [-0.39, 0.29) is 11.7 Å². The number of amides is 1. The molecule has 0 aromatic heterocycles. The lowest BCUT2D eigenvalue weighted by Crippen LogP contribution is -2.26. The summed E-state index contributed by atoms with van der Waals surface area (Å²) in [5, 5.41) is 0. The van der Waals surface area contributed by atoms with Gasteiger partial charge in [0.15, 0.2) is 0 Å². The van der Waals surface area contributed by atoms with Crippen LogP contribution in [0.3, 0.4) is 0 Å². The molecule has 3 rings (SSSR count). The number of carbonyl (C=O) groups excluding carboxylic acids is 1. The van der Waals surface area contributed by atoms with E-state index in [1.54, 1.807) is 23.1 Å². The average molecular weight is 241 g/mol. The summed E-state index contributed by atoms with van der Waals surface area (Å²) >= 11 is 0. The Hall–Kier alpha value is -2.16. The van der Waals surface area contributed by atoms with Crippen molar-refractivity contribution >= 4 is 11.6 Å².